The standard InChI is InChI=1S/C13H18N2O3/c1-8-3-10(13(17)18)7-15(6-8)12(16)11-5-14-4-9(11)2/h4-5,8,10,14H,3,6-7H2,1-2H3,(H,17,18). The number of carbonyl (C=O) groups excluding carboxylic acids is 1. The summed E-state index contributed by atoms with van der Waals surface area (Å²) in [5.41, 5.74) is 1.53. The zero-order chi connectivity index (χ0) is 13.3. The summed E-state index contributed by atoms with van der Waals surface area (Å²) >= 11 is 0. The zero-order valence-corrected chi connectivity index (χ0v) is 10.6. The predicted molar refractivity (Wildman–Crippen MR) is 66.3 cm³/mol. The first kappa shape index (κ1) is 12.7. The molecule has 0 radical (unpaired) electrons. The summed E-state index contributed by atoms with van der Waals surface area (Å²) in [6.45, 7) is 4.79. The van der Waals surface area contributed by atoms with Crippen molar-refractivity contribution in [3.8, 4) is 0 Å². The molecular weight excluding hydrogens is 232 g/mol. The molecule has 0 aromatic carbocycles. The van der Waals surface area contributed by atoms with E-state index in [0.29, 0.717) is 25.1 Å². The number of likely N-dealkylation sites (tertiary alicyclic amines) is 1. The molecule has 98 valence electrons. The molecule has 2 atom stereocenters. The summed E-state index contributed by atoms with van der Waals surface area (Å²) in [6.07, 6.45) is 4.09. The Hall–Kier alpha value is -1.78. The molecule has 18 heavy (non-hydrogen) atoms. The normalized spacial score (nSPS) is 24.0. The second kappa shape index (κ2) is 4.84. The van der Waals surface area contributed by atoms with Gasteiger partial charge in [-0.2, -0.15) is 0 Å². The van der Waals surface area contributed by atoms with Crippen molar-refractivity contribution in [3.63, 3.8) is 0 Å². The van der Waals surface area contributed by atoms with Crippen LogP contribution in [0.2, 0.25) is 0 Å². The first-order valence-electron chi connectivity index (χ1n) is 6.14. The topological polar surface area (TPSA) is 73.4 Å². The number of carbonyl (C=O) groups is 2. The molecule has 1 aromatic rings. The highest BCUT2D eigenvalue weighted by atomic mass is 16.4. The molecule has 1 aliphatic rings. The summed E-state index contributed by atoms with van der Waals surface area (Å²) in [7, 11) is 0. The molecule has 0 spiro atoms. The van der Waals surface area contributed by atoms with Crippen molar-refractivity contribution < 1.29 is 14.7 Å². The maximum atomic E-state index is 12.3. The van der Waals surface area contributed by atoms with Crippen LogP contribution in [0.1, 0.15) is 29.3 Å². The molecule has 0 saturated carbocycles. The molecular formula is C13H18N2O3. The number of nitrogens with zero attached hydrogens (tertiary/aromatic N) is 1. The Bertz CT molecular complexity index is 467. The Labute approximate surface area is 106 Å². The summed E-state index contributed by atoms with van der Waals surface area (Å²) in [5.74, 6) is -1.11. The van der Waals surface area contributed by atoms with Crippen LogP contribution in [-0.4, -0.2) is 40.0 Å². The van der Waals surface area contributed by atoms with Gasteiger partial charge in [0.05, 0.1) is 11.5 Å². The molecule has 2 rings (SSSR count). The van der Waals surface area contributed by atoms with Crippen LogP contribution in [0.5, 0.6) is 0 Å². The molecule has 5 nitrogen and oxygen atoms in total. The van der Waals surface area contributed by atoms with Gasteiger partial charge in [0.1, 0.15) is 0 Å². The number of rotatable bonds is 2. The van der Waals surface area contributed by atoms with Gasteiger partial charge in [0.25, 0.3) is 5.91 Å². The van der Waals surface area contributed by atoms with E-state index in [1.807, 2.05) is 13.8 Å². The Kier molecular flexibility index (Phi) is 3.41. The van der Waals surface area contributed by atoms with Crippen LogP contribution in [-0.2, 0) is 4.79 Å². The lowest BCUT2D eigenvalue weighted by atomic mass is 9.90. The van der Waals surface area contributed by atoms with Crippen molar-refractivity contribution in [2.45, 2.75) is 20.3 Å². The third-order valence-corrected chi connectivity index (χ3v) is 3.48. The Morgan fingerprint density at radius 2 is 2.11 bits per heavy atom. The van der Waals surface area contributed by atoms with E-state index >= 15 is 0 Å². The average molecular weight is 250 g/mol. The lowest BCUT2D eigenvalue weighted by Gasteiger charge is -2.34. The second-order valence-corrected chi connectivity index (χ2v) is 5.14. The van der Waals surface area contributed by atoms with Crippen molar-refractivity contribution in [1.29, 1.82) is 0 Å². The smallest absolute Gasteiger partial charge is 0.308 e. The maximum Gasteiger partial charge on any atom is 0.308 e. The van der Waals surface area contributed by atoms with Crippen molar-refractivity contribution in [1.82, 2.24) is 9.88 Å². The minimum absolute atomic E-state index is 0.0773. The summed E-state index contributed by atoms with van der Waals surface area (Å²) in [5, 5.41) is 9.10. The van der Waals surface area contributed by atoms with Gasteiger partial charge in [0.15, 0.2) is 0 Å². The third-order valence-electron chi connectivity index (χ3n) is 3.48. The van der Waals surface area contributed by atoms with Crippen molar-refractivity contribution in [3.05, 3.63) is 23.5 Å². The van der Waals surface area contributed by atoms with E-state index in [1.165, 1.54) is 0 Å². The van der Waals surface area contributed by atoms with Gasteiger partial charge in [-0.05, 0) is 24.8 Å². The minimum atomic E-state index is -0.815. The van der Waals surface area contributed by atoms with Crippen LogP contribution in [0.3, 0.4) is 0 Å². The number of H-pyrrole nitrogens is 1. The van der Waals surface area contributed by atoms with Gasteiger partial charge in [-0.3, -0.25) is 9.59 Å². The number of hydrogen-bond donors (Lipinski definition) is 2. The van der Waals surface area contributed by atoms with Crippen LogP contribution < -0.4 is 0 Å². The van der Waals surface area contributed by atoms with E-state index in [9.17, 15) is 9.59 Å². The summed E-state index contributed by atoms with van der Waals surface area (Å²) in [6, 6.07) is 0. The summed E-state index contributed by atoms with van der Waals surface area (Å²) < 4.78 is 0. The molecule has 1 amide bonds. The van der Waals surface area contributed by atoms with E-state index in [1.54, 1.807) is 17.3 Å². The fourth-order valence-corrected chi connectivity index (χ4v) is 2.54. The third kappa shape index (κ3) is 2.39. The van der Waals surface area contributed by atoms with E-state index in [4.69, 9.17) is 5.11 Å². The fraction of sp³-hybridized carbons (Fsp3) is 0.538. The molecule has 2 unspecified atom stereocenters. The highest BCUT2D eigenvalue weighted by Crippen LogP contribution is 2.23. The van der Waals surface area contributed by atoms with Crippen LogP contribution in [0.25, 0.3) is 0 Å². The van der Waals surface area contributed by atoms with Crippen LogP contribution in [0, 0.1) is 18.8 Å². The van der Waals surface area contributed by atoms with Gasteiger partial charge in [-0.1, -0.05) is 6.92 Å². The Morgan fingerprint density at radius 1 is 1.39 bits per heavy atom. The van der Waals surface area contributed by atoms with Crippen molar-refractivity contribution >= 4 is 11.9 Å². The highest BCUT2D eigenvalue weighted by Gasteiger charge is 2.32. The number of piperidine rings is 1. The molecule has 0 bridgehead atoms. The summed E-state index contributed by atoms with van der Waals surface area (Å²) in [4.78, 5) is 27.9. The fourth-order valence-electron chi connectivity index (χ4n) is 2.54. The number of carboxylic acids is 1. The molecule has 2 heterocycles. The highest BCUT2D eigenvalue weighted by molar-refractivity contribution is 5.95. The average Bonchev–Trinajstić information content (AvgIpc) is 2.73. The quantitative estimate of drug-likeness (QED) is 0.835. The number of aromatic nitrogens is 1. The Morgan fingerprint density at radius 3 is 2.67 bits per heavy atom. The minimum Gasteiger partial charge on any atom is -0.481 e. The molecule has 1 fully saturated rings. The Balaban J connectivity index is 2.15. The SMILES string of the molecule is Cc1c[nH]cc1C(=O)N1CC(C)CC(C(=O)O)C1. The van der Waals surface area contributed by atoms with E-state index < -0.39 is 11.9 Å². The zero-order valence-electron chi connectivity index (χ0n) is 10.6. The van der Waals surface area contributed by atoms with Gasteiger partial charge in [0.2, 0.25) is 0 Å². The number of aliphatic carboxylic acids is 1. The van der Waals surface area contributed by atoms with Gasteiger partial charge in [-0.25, -0.2) is 0 Å². The van der Waals surface area contributed by atoms with E-state index in [0.717, 1.165) is 5.56 Å². The second-order valence-electron chi connectivity index (χ2n) is 5.14. The van der Waals surface area contributed by atoms with Crippen molar-refractivity contribution in [2.24, 2.45) is 11.8 Å². The lowest BCUT2D eigenvalue weighted by Crippen LogP contribution is -2.45. The molecule has 5 heteroatoms. The monoisotopic (exact) mass is 250 g/mol. The first-order chi connectivity index (χ1) is 8.49. The lowest BCUT2D eigenvalue weighted by molar-refractivity contribution is -0.143. The largest absolute Gasteiger partial charge is 0.481 e. The molecule has 0 aliphatic carbocycles. The molecule has 2 N–H and O–H groups in total. The number of aromatic amines is 1. The predicted octanol–water partition coefficient (Wildman–Crippen LogP) is 1.51. The van der Waals surface area contributed by atoms with Gasteiger partial charge in [-0.15, -0.1) is 0 Å². The van der Waals surface area contributed by atoms with Crippen molar-refractivity contribution in [2.75, 3.05) is 13.1 Å². The van der Waals surface area contributed by atoms with Gasteiger partial charge >= 0.3 is 5.97 Å². The maximum absolute atomic E-state index is 12.3. The van der Waals surface area contributed by atoms with Gasteiger partial charge < -0.3 is 15.0 Å². The van der Waals surface area contributed by atoms with Crippen LogP contribution in [0.15, 0.2) is 12.4 Å². The van der Waals surface area contributed by atoms with Crippen LogP contribution >= 0.6 is 0 Å². The first-order valence-corrected chi connectivity index (χ1v) is 6.14. The number of aryl methyl sites for hydroxylation is 1. The van der Waals surface area contributed by atoms with E-state index in [-0.39, 0.29) is 11.8 Å². The number of hydrogen-bond acceptors (Lipinski definition) is 2. The van der Waals surface area contributed by atoms with E-state index in [2.05, 4.69) is 4.98 Å². The number of nitrogens with one attached hydrogen (secondary N) is 1. The number of amides is 1. The molecule has 1 aromatic heterocycles. The van der Waals surface area contributed by atoms with Gasteiger partial charge in [0, 0.05) is 25.5 Å². The number of carboxylic acid groups (broad SMARTS) is 1. The molecule has 1 aliphatic heterocycles. The van der Waals surface area contributed by atoms with Crippen LogP contribution in [0.4, 0.5) is 0 Å². The molecule has 1 saturated heterocycles.